The van der Waals surface area contributed by atoms with Gasteiger partial charge in [-0.15, -0.1) is 6.42 Å². The molecule has 0 aliphatic carbocycles. The Morgan fingerprint density at radius 3 is 2.75 bits per heavy atom. The molecular formula is C20H20N2O2. The third kappa shape index (κ3) is 2.93. The van der Waals surface area contributed by atoms with Crippen LogP contribution in [0, 0.1) is 12.3 Å². The second kappa shape index (κ2) is 7.10. The van der Waals surface area contributed by atoms with Crippen LogP contribution >= 0.6 is 0 Å². The van der Waals surface area contributed by atoms with Crippen LogP contribution in [-0.4, -0.2) is 24.0 Å². The van der Waals surface area contributed by atoms with Crippen molar-refractivity contribution in [2.75, 3.05) is 18.5 Å². The quantitative estimate of drug-likeness (QED) is 0.855. The summed E-state index contributed by atoms with van der Waals surface area (Å²) in [7, 11) is 0. The van der Waals surface area contributed by atoms with Crippen LogP contribution < -0.4 is 10.1 Å². The minimum Gasteiger partial charge on any atom is -0.481 e. The number of para-hydroxylation sites is 2. The molecule has 0 radical (unpaired) electrons. The van der Waals surface area contributed by atoms with E-state index in [1.807, 2.05) is 53.4 Å². The van der Waals surface area contributed by atoms with Crippen LogP contribution in [-0.2, 0) is 0 Å². The Morgan fingerprint density at radius 1 is 1.21 bits per heavy atom. The molecule has 122 valence electrons. The maximum Gasteiger partial charge on any atom is 0.257 e. The lowest BCUT2D eigenvalue weighted by Crippen LogP contribution is -2.43. The van der Waals surface area contributed by atoms with Gasteiger partial charge in [-0.05, 0) is 24.6 Å². The van der Waals surface area contributed by atoms with Crippen LogP contribution in [0.5, 0.6) is 5.75 Å². The number of carbonyl (C=O) groups excluding carboxylic acids is 1. The molecule has 2 aromatic rings. The highest BCUT2D eigenvalue weighted by Crippen LogP contribution is 2.36. The zero-order chi connectivity index (χ0) is 16.9. The van der Waals surface area contributed by atoms with E-state index in [1.165, 1.54) is 0 Å². The zero-order valence-corrected chi connectivity index (χ0v) is 13.7. The van der Waals surface area contributed by atoms with Crippen LogP contribution in [0.1, 0.15) is 35.4 Å². The first-order chi connectivity index (χ1) is 11.8. The Morgan fingerprint density at radius 2 is 1.96 bits per heavy atom. The maximum absolute atomic E-state index is 12.9. The average molecular weight is 320 g/mol. The first kappa shape index (κ1) is 15.9. The predicted molar refractivity (Wildman–Crippen MR) is 94.9 cm³/mol. The van der Waals surface area contributed by atoms with E-state index in [-0.39, 0.29) is 18.7 Å². The minimum absolute atomic E-state index is 0.0305. The summed E-state index contributed by atoms with van der Waals surface area (Å²) in [6.45, 7) is 2.92. The summed E-state index contributed by atoms with van der Waals surface area (Å²) in [5.74, 6) is 3.21. The van der Waals surface area contributed by atoms with Crippen LogP contribution in [0.25, 0.3) is 0 Å². The van der Waals surface area contributed by atoms with Gasteiger partial charge in [-0.25, -0.2) is 0 Å². The monoisotopic (exact) mass is 320 g/mol. The smallest absolute Gasteiger partial charge is 0.257 e. The van der Waals surface area contributed by atoms with Crippen LogP contribution in [0.2, 0.25) is 0 Å². The molecule has 1 amide bonds. The summed E-state index contributed by atoms with van der Waals surface area (Å²) in [5, 5.41) is 3.47. The summed E-state index contributed by atoms with van der Waals surface area (Å²) in [6.07, 6.45) is 5.91. The topological polar surface area (TPSA) is 41.6 Å². The molecule has 4 heteroatoms. The van der Waals surface area contributed by atoms with E-state index in [1.54, 1.807) is 0 Å². The Balaban J connectivity index is 2.03. The fourth-order valence-electron chi connectivity index (χ4n) is 2.97. The van der Waals surface area contributed by atoms with Crippen molar-refractivity contribution in [2.24, 2.45) is 0 Å². The normalized spacial score (nSPS) is 16.1. The van der Waals surface area contributed by atoms with E-state index >= 15 is 0 Å². The van der Waals surface area contributed by atoms with E-state index in [0.717, 1.165) is 17.7 Å². The number of hydrogen-bond donors (Lipinski definition) is 1. The van der Waals surface area contributed by atoms with E-state index in [9.17, 15) is 4.79 Å². The van der Waals surface area contributed by atoms with Gasteiger partial charge in [0.2, 0.25) is 0 Å². The molecule has 1 N–H and O–H groups in total. The summed E-state index contributed by atoms with van der Waals surface area (Å²) >= 11 is 0. The van der Waals surface area contributed by atoms with Gasteiger partial charge in [0, 0.05) is 17.8 Å². The number of benzene rings is 2. The fourth-order valence-corrected chi connectivity index (χ4v) is 2.97. The van der Waals surface area contributed by atoms with E-state index in [0.29, 0.717) is 17.9 Å². The van der Waals surface area contributed by atoms with Gasteiger partial charge in [0.15, 0.2) is 0 Å². The lowest BCUT2D eigenvalue weighted by Gasteiger charge is -2.38. The highest BCUT2D eigenvalue weighted by Gasteiger charge is 2.33. The largest absolute Gasteiger partial charge is 0.481 e. The molecule has 0 aromatic heterocycles. The second-order valence-corrected chi connectivity index (χ2v) is 5.62. The molecule has 3 rings (SSSR count). The lowest BCUT2D eigenvalue weighted by atomic mass is 10.0. The molecule has 0 bridgehead atoms. The predicted octanol–water partition coefficient (Wildman–Crippen LogP) is 3.68. The molecule has 24 heavy (non-hydrogen) atoms. The molecule has 1 atom stereocenters. The Hall–Kier alpha value is -2.93. The van der Waals surface area contributed by atoms with Gasteiger partial charge in [-0.1, -0.05) is 43.2 Å². The van der Waals surface area contributed by atoms with Gasteiger partial charge < -0.3 is 15.0 Å². The molecule has 4 nitrogen and oxygen atoms in total. The molecule has 2 aromatic carbocycles. The molecule has 0 saturated carbocycles. The number of ether oxygens (including phenoxy) is 1. The number of nitrogens with one attached hydrogen (secondary N) is 1. The van der Waals surface area contributed by atoms with Gasteiger partial charge in [0.05, 0.1) is 5.56 Å². The highest BCUT2D eigenvalue weighted by molar-refractivity contribution is 6.01. The standard InChI is InChI=1S/C20H20N2O2/c1-3-13-22-19(16-10-6-8-12-18(16)24-14-4-2)21-17-11-7-5-9-15(17)20(22)23/h2,5-12,19,21H,3,13-14H2,1H3/t19-/m0/s1. The number of nitrogens with zero attached hydrogens (tertiary/aromatic N) is 1. The number of hydrogen-bond acceptors (Lipinski definition) is 3. The van der Waals surface area contributed by atoms with Crippen molar-refractivity contribution in [1.29, 1.82) is 0 Å². The number of carbonyl (C=O) groups is 1. The van der Waals surface area contributed by atoms with Crippen LogP contribution in [0.4, 0.5) is 5.69 Å². The first-order valence-corrected chi connectivity index (χ1v) is 8.08. The van der Waals surface area contributed by atoms with E-state index in [4.69, 9.17) is 11.2 Å². The van der Waals surface area contributed by atoms with Gasteiger partial charge in [0.1, 0.15) is 18.5 Å². The molecule has 0 saturated heterocycles. The molecule has 0 unspecified atom stereocenters. The molecule has 1 aliphatic heterocycles. The minimum atomic E-state index is -0.277. The van der Waals surface area contributed by atoms with Crippen LogP contribution in [0.15, 0.2) is 48.5 Å². The molecular weight excluding hydrogens is 300 g/mol. The maximum atomic E-state index is 12.9. The van der Waals surface area contributed by atoms with Crippen molar-refractivity contribution in [2.45, 2.75) is 19.5 Å². The van der Waals surface area contributed by atoms with Crippen molar-refractivity contribution >= 4 is 11.6 Å². The van der Waals surface area contributed by atoms with Crippen molar-refractivity contribution in [3.63, 3.8) is 0 Å². The van der Waals surface area contributed by atoms with Gasteiger partial charge in [-0.2, -0.15) is 0 Å². The van der Waals surface area contributed by atoms with Crippen molar-refractivity contribution < 1.29 is 9.53 Å². The summed E-state index contributed by atoms with van der Waals surface area (Å²) in [4.78, 5) is 14.8. The number of anilines is 1. The number of fused-ring (bicyclic) bond motifs is 1. The lowest BCUT2D eigenvalue weighted by molar-refractivity contribution is 0.0681. The van der Waals surface area contributed by atoms with Gasteiger partial charge in [-0.3, -0.25) is 4.79 Å². The summed E-state index contributed by atoms with van der Waals surface area (Å²) in [6, 6.07) is 15.3. The fraction of sp³-hybridized carbons (Fsp3) is 0.250. The summed E-state index contributed by atoms with van der Waals surface area (Å²) < 4.78 is 5.68. The second-order valence-electron chi connectivity index (χ2n) is 5.62. The average Bonchev–Trinajstić information content (AvgIpc) is 2.62. The Kier molecular flexibility index (Phi) is 4.72. The van der Waals surface area contributed by atoms with E-state index in [2.05, 4.69) is 18.2 Å². The number of amides is 1. The van der Waals surface area contributed by atoms with Gasteiger partial charge in [0.25, 0.3) is 5.91 Å². The molecule has 1 heterocycles. The van der Waals surface area contributed by atoms with Crippen molar-refractivity contribution in [3.8, 4) is 18.1 Å². The highest BCUT2D eigenvalue weighted by atomic mass is 16.5. The van der Waals surface area contributed by atoms with E-state index < -0.39 is 0 Å². The van der Waals surface area contributed by atoms with Crippen molar-refractivity contribution in [3.05, 3.63) is 59.7 Å². The third-order valence-electron chi connectivity index (χ3n) is 4.01. The van der Waals surface area contributed by atoms with Gasteiger partial charge >= 0.3 is 0 Å². The Labute approximate surface area is 142 Å². The third-order valence-corrected chi connectivity index (χ3v) is 4.01. The molecule has 0 fully saturated rings. The first-order valence-electron chi connectivity index (χ1n) is 8.08. The number of terminal acetylenes is 1. The van der Waals surface area contributed by atoms with Crippen molar-refractivity contribution in [1.82, 2.24) is 4.90 Å². The summed E-state index contributed by atoms with van der Waals surface area (Å²) in [5.41, 5.74) is 2.44. The SMILES string of the molecule is C#CCOc1ccccc1[C@H]1Nc2ccccc2C(=O)N1CCC. The number of rotatable bonds is 5. The molecule has 1 aliphatic rings. The van der Waals surface area contributed by atoms with Crippen LogP contribution in [0.3, 0.4) is 0 Å². The Bertz CT molecular complexity index is 779. The molecule has 0 spiro atoms. The zero-order valence-electron chi connectivity index (χ0n) is 13.7.